The van der Waals surface area contributed by atoms with Gasteiger partial charge < -0.3 is 14.2 Å². The third-order valence-electron chi connectivity index (χ3n) is 12.0. The van der Waals surface area contributed by atoms with E-state index in [2.05, 4.69) is 81.5 Å². The number of allylic oxidation sites excluding steroid dienone is 10. The fourth-order valence-corrected chi connectivity index (χ4v) is 7.76. The summed E-state index contributed by atoms with van der Waals surface area (Å²) < 4.78 is 16.8. The van der Waals surface area contributed by atoms with Gasteiger partial charge >= 0.3 is 17.9 Å². The Balaban J connectivity index is 4.39. The van der Waals surface area contributed by atoms with Crippen LogP contribution in [-0.4, -0.2) is 37.2 Å². The van der Waals surface area contributed by atoms with Gasteiger partial charge in [-0.15, -0.1) is 0 Å². The molecule has 376 valence electrons. The molecule has 0 saturated heterocycles. The van der Waals surface area contributed by atoms with E-state index in [-0.39, 0.29) is 31.1 Å². The van der Waals surface area contributed by atoms with Crippen molar-refractivity contribution in [1.82, 2.24) is 0 Å². The Kier molecular flexibility index (Phi) is 51.3. The maximum Gasteiger partial charge on any atom is 0.306 e. The molecule has 0 rings (SSSR count). The van der Waals surface area contributed by atoms with Gasteiger partial charge in [0.2, 0.25) is 0 Å². The van der Waals surface area contributed by atoms with E-state index in [1.165, 1.54) is 135 Å². The summed E-state index contributed by atoms with van der Waals surface area (Å²) in [6.45, 7) is 6.55. The quantitative estimate of drug-likeness (QED) is 0.0199. The van der Waals surface area contributed by atoms with Gasteiger partial charge in [-0.3, -0.25) is 14.4 Å². The van der Waals surface area contributed by atoms with Gasteiger partial charge in [0.15, 0.2) is 6.10 Å². The maximum atomic E-state index is 12.8. The zero-order valence-corrected chi connectivity index (χ0v) is 43.0. The van der Waals surface area contributed by atoms with Crippen LogP contribution in [0.2, 0.25) is 0 Å². The zero-order chi connectivity index (χ0) is 47.2. The summed E-state index contributed by atoms with van der Waals surface area (Å²) in [6.07, 6.45) is 66.4. The van der Waals surface area contributed by atoms with E-state index in [1.807, 2.05) is 0 Å². The van der Waals surface area contributed by atoms with Crippen molar-refractivity contribution in [1.29, 1.82) is 0 Å². The fraction of sp³-hybridized carbons (Fsp3) is 0.780. The highest BCUT2D eigenvalue weighted by Crippen LogP contribution is 2.14. The molecular weight excluding hydrogens is 805 g/mol. The van der Waals surface area contributed by atoms with Crippen molar-refractivity contribution < 1.29 is 28.6 Å². The predicted molar refractivity (Wildman–Crippen MR) is 279 cm³/mol. The van der Waals surface area contributed by atoms with Gasteiger partial charge in [-0.1, -0.05) is 229 Å². The number of unbranched alkanes of at least 4 members (excludes halogenated alkanes) is 31. The lowest BCUT2D eigenvalue weighted by atomic mass is 10.1. The monoisotopic (exact) mass is 909 g/mol. The van der Waals surface area contributed by atoms with Crippen molar-refractivity contribution in [2.24, 2.45) is 0 Å². The van der Waals surface area contributed by atoms with E-state index in [9.17, 15) is 14.4 Å². The van der Waals surface area contributed by atoms with Crippen LogP contribution in [-0.2, 0) is 28.6 Å². The number of carbonyl (C=O) groups excluding carboxylic acids is 3. The van der Waals surface area contributed by atoms with Crippen LogP contribution in [0.25, 0.3) is 0 Å². The minimum atomic E-state index is -0.795. The summed E-state index contributed by atoms with van der Waals surface area (Å²) in [5, 5.41) is 0. The Bertz CT molecular complexity index is 1180. The summed E-state index contributed by atoms with van der Waals surface area (Å²) in [5.74, 6) is -0.938. The van der Waals surface area contributed by atoms with Crippen molar-refractivity contribution in [2.75, 3.05) is 13.2 Å². The lowest BCUT2D eigenvalue weighted by Crippen LogP contribution is -2.30. The first-order valence-corrected chi connectivity index (χ1v) is 27.8. The number of ether oxygens (including phenoxy) is 3. The average molecular weight is 909 g/mol. The summed E-state index contributed by atoms with van der Waals surface area (Å²) in [4.78, 5) is 38.0. The number of esters is 3. The Labute approximate surface area is 402 Å². The van der Waals surface area contributed by atoms with E-state index in [4.69, 9.17) is 14.2 Å². The van der Waals surface area contributed by atoms with Crippen molar-refractivity contribution in [3.63, 3.8) is 0 Å². The maximum absolute atomic E-state index is 12.8. The molecule has 0 aromatic rings. The largest absolute Gasteiger partial charge is 0.462 e. The minimum Gasteiger partial charge on any atom is -0.462 e. The fourth-order valence-electron chi connectivity index (χ4n) is 7.76. The van der Waals surface area contributed by atoms with E-state index in [0.717, 1.165) is 103 Å². The molecule has 0 bridgehead atoms. The molecule has 0 amide bonds. The molecule has 0 heterocycles. The second kappa shape index (κ2) is 53.7. The molecule has 1 atom stereocenters. The molecule has 1 unspecified atom stereocenters. The molecular formula is C59H104O6. The van der Waals surface area contributed by atoms with E-state index < -0.39 is 6.10 Å². The van der Waals surface area contributed by atoms with Crippen molar-refractivity contribution in [3.05, 3.63) is 60.8 Å². The topological polar surface area (TPSA) is 78.9 Å². The van der Waals surface area contributed by atoms with E-state index >= 15 is 0 Å². The van der Waals surface area contributed by atoms with Crippen molar-refractivity contribution in [3.8, 4) is 0 Å². The van der Waals surface area contributed by atoms with Crippen LogP contribution in [0.15, 0.2) is 60.8 Å². The van der Waals surface area contributed by atoms with E-state index in [0.29, 0.717) is 19.3 Å². The van der Waals surface area contributed by atoms with Gasteiger partial charge in [0.05, 0.1) is 0 Å². The van der Waals surface area contributed by atoms with Gasteiger partial charge in [-0.05, 0) is 89.9 Å². The van der Waals surface area contributed by atoms with Crippen molar-refractivity contribution >= 4 is 17.9 Å². The first kappa shape index (κ1) is 62.1. The normalized spacial score (nSPS) is 12.5. The standard InChI is InChI=1S/C59H104O6/c1-4-7-10-13-16-19-22-24-26-28-30-32-34-37-40-43-46-49-52-58(61)64-55-56(54-63-57(60)51-48-45-42-39-36-21-18-15-12-9-6-3)65-59(62)53-50-47-44-41-38-35-33-31-29-27-25-23-20-17-14-11-8-5-2/h15,18,21,26,28,30-33,36,56H,4-14,16-17,19-20,22-25,27,29,34-35,37-55H2,1-3H3/b18-15-,28-26-,32-30-,33-31-,36-21-. The van der Waals surface area contributed by atoms with Gasteiger partial charge in [0.1, 0.15) is 13.2 Å². The Morgan fingerprint density at radius 1 is 0.308 bits per heavy atom. The first-order valence-electron chi connectivity index (χ1n) is 27.8. The van der Waals surface area contributed by atoms with Crippen LogP contribution in [0.4, 0.5) is 0 Å². The minimum absolute atomic E-state index is 0.0937. The zero-order valence-electron chi connectivity index (χ0n) is 43.0. The molecule has 6 nitrogen and oxygen atoms in total. The van der Waals surface area contributed by atoms with Crippen LogP contribution in [0.1, 0.15) is 278 Å². The summed E-state index contributed by atoms with van der Waals surface area (Å²) >= 11 is 0. The molecule has 0 aliphatic rings. The summed E-state index contributed by atoms with van der Waals surface area (Å²) in [7, 11) is 0. The number of rotatable bonds is 50. The number of hydrogen-bond donors (Lipinski definition) is 0. The summed E-state index contributed by atoms with van der Waals surface area (Å²) in [5.41, 5.74) is 0. The van der Waals surface area contributed by atoms with Crippen LogP contribution in [0, 0.1) is 0 Å². The van der Waals surface area contributed by atoms with Crippen LogP contribution >= 0.6 is 0 Å². The molecule has 0 spiro atoms. The molecule has 65 heavy (non-hydrogen) atoms. The van der Waals surface area contributed by atoms with Gasteiger partial charge in [-0.25, -0.2) is 0 Å². The molecule has 6 heteroatoms. The van der Waals surface area contributed by atoms with Crippen LogP contribution in [0.3, 0.4) is 0 Å². The third kappa shape index (κ3) is 51.9. The second-order valence-electron chi connectivity index (χ2n) is 18.5. The molecule has 0 radical (unpaired) electrons. The van der Waals surface area contributed by atoms with E-state index in [1.54, 1.807) is 0 Å². The molecule has 0 N–H and O–H groups in total. The highest BCUT2D eigenvalue weighted by molar-refractivity contribution is 5.71. The summed E-state index contributed by atoms with van der Waals surface area (Å²) in [6, 6.07) is 0. The second-order valence-corrected chi connectivity index (χ2v) is 18.5. The predicted octanol–water partition coefficient (Wildman–Crippen LogP) is 18.4. The van der Waals surface area contributed by atoms with Crippen molar-refractivity contribution in [2.45, 2.75) is 284 Å². The van der Waals surface area contributed by atoms with Gasteiger partial charge in [0, 0.05) is 19.3 Å². The number of hydrogen-bond acceptors (Lipinski definition) is 6. The smallest absolute Gasteiger partial charge is 0.306 e. The lowest BCUT2D eigenvalue weighted by Gasteiger charge is -2.18. The number of carbonyl (C=O) groups is 3. The van der Waals surface area contributed by atoms with Crippen LogP contribution < -0.4 is 0 Å². The molecule has 0 aromatic carbocycles. The van der Waals surface area contributed by atoms with Gasteiger partial charge in [0.25, 0.3) is 0 Å². The molecule has 0 saturated carbocycles. The molecule has 0 fully saturated rings. The average Bonchev–Trinajstić information content (AvgIpc) is 3.30. The highest BCUT2D eigenvalue weighted by atomic mass is 16.6. The van der Waals surface area contributed by atoms with Crippen LogP contribution in [0.5, 0.6) is 0 Å². The lowest BCUT2D eigenvalue weighted by molar-refractivity contribution is -0.167. The molecule has 0 aliphatic carbocycles. The first-order chi connectivity index (χ1) is 32.0. The Hall–Kier alpha value is -2.89. The van der Waals surface area contributed by atoms with Gasteiger partial charge in [-0.2, -0.15) is 0 Å². The molecule has 0 aromatic heterocycles. The third-order valence-corrected chi connectivity index (χ3v) is 12.0. The highest BCUT2D eigenvalue weighted by Gasteiger charge is 2.19. The SMILES string of the molecule is CCCC/C=C\C=C/CCCCCC(=O)OCC(COC(=O)CCCCCCC/C=C\C=C/CCCCCCCCC)OC(=O)CCCCCCC/C=C\CCCCCCCCCCC. The Morgan fingerprint density at radius 3 is 0.923 bits per heavy atom. The molecule has 0 aliphatic heterocycles. The Morgan fingerprint density at radius 2 is 0.569 bits per heavy atom.